The summed E-state index contributed by atoms with van der Waals surface area (Å²) in [5.74, 6) is 0.215. The Morgan fingerprint density at radius 3 is 2.52 bits per heavy atom. The van der Waals surface area contributed by atoms with E-state index in [4.69, 9.17) is 11.6 Å². The van der Waals surface area contributed by atoms with E-state index < -0.39 is 0 Å². The van der Waals surface area contributed by atoms with Gasteiger partial charge in [0.2, 0.25) is 5.91 Å². The summed E-state index contributed by atoms with van der Waals surface area (Å²) in [5.41, 5.74) is 3.36. The molecule has 1 heterocycles. The normalized spacial score (nSPS) is 11.4. The molecule has 112 valence electrons. The van der Waals surface area contributed by atoms with Crippen molar-refractivity contribution in [3.05, 3.63) is 35.2 Å². The Morgan fingerprint density at radius 2 is 1.95 bits per heavy atom. The smallest absolute Gasteiger partial charge is 0.227 e. The molecular weight excluding hydrogens is 304 g/mol. The Morgan fingerprint density at radius 1 is 1.29 bits per heavy atom. The molecule has 1 N–H and O–H groups in total. The van der Waals surface area contributed by atoms with E-state index in [-0.39, 0.29) is 11.3 Å². The van der Waals surface area contributed by atoms with Gasteiger partial charge in [-0.2, -0.15) is 0 Å². The van der Waals surface area contributed by atoms with Crippen molar-refractivity contribution in [2.45, 2.75) is 32.6 Å². The zero-order chi connectivity index (χ0) is 15.5. The third-order valence-corrected chi connectivity index (χ3v) is 4.07. The summed E-state index contributed by atoms with van der Waals surface area (Å²) >= 11 is 6.96. The summed E-state index contributed by atoms with van der Waals surface area (Å²) < 4.78 is 0. The van der Waals surface area contributed by atoms with Crippen LogP contribution in [0.2, 0.25) is 0 Å². The highest BCUT2D eigenvalue weighted by Gasteiger charge is 2.14. The Balaban J connectivity index is 2.12. The predicted molar refractivity (Wildman–Crippen MR) is 90.2 cm³/mol. The molecule has 0 radical (unpaired) electrons. The molecular formula is C16H19ClN2OS. The van der Waals surface area contributed by atoms with Crippen molar-refractivity contribution < 1.29 is 4.79 Å². The second-order valence-corrected chi connectivity index (χ2v) is 7.09. The standard InChI is InChI=1S/C16H19ClN2OS/c1-16(2,3)12-6-4-11(5-7-12)13-10-21-15(18-13)19-14(20)8-9-17/h4-7,10H,8-9H2,1-3H3,(H,18,19,20). The molecule has 0 aliphatic heterocycles. The highest BCUT2D eigenvalue weighted by Crippen LogP contribution is 2.28. The maximum atomic E-state index is 11.5. The molecule has 3 nitrogen and oxygen atoms in total. The van der Waals surface area contributed by atoms with Crippen molar-refractivity contribution in [2.75, 3.05) is 11.2 Å². The first-order chi connectivity index (χ1) is 9.90. The van der Waals surface area contributed by atoms with Gasteiger partial charge in [0.25, 0.3) is 0 Å². The minimum Gasteiger partial charge on any atom is -0.302 e. The lowest BCUT2D eigenvalue weighted by Gasteiger charge is -2.18. The molecule has 0 fully saturated rings. The summed E-state index contributed by atoms with van der Waals surface area (Å²) in [4.78, 5) is 15.9. The average molecular weight is 323 g/mol. The summed E-state index contributed by atoms with van der Waals surface area (Å²) in [7, 11) is 0. The van der Waals surface area contributed by atoms with Crippen molar-refractivity contribution in [2.24, 2.45) is 0 Å². The van der Waals surface area contributed by atoms with Crippen LogP contribution in [-0.4, -0.2) is 16.8 Å². The topological polar surface area (TPSA) is 42.0 Å². The maximum Gasteiger partial charge on any atom is 0.227 e. The van der Waals surface area contributed by atoms with Crippen LogP contribution in [0.3, 0.4) is 0 Å². The van der Waals surface area contributed by atoms with Crippen LogP contribution in [0.15, 0.2) is 29.6 Å². The quantitative estimate of drug-likeness (QED) is 0.831. The van der Waals surface area contributed by atoms with Crippen LogP contribution in [-0.2, 0) is 10.2 Å². The number of amides is 1. The van der Waals surface area contributed by atoms with E-state index >= 15 is 0 Å². The van der Waals surface area contributed by atoms with E-state index in [0.717, 1.165) is 11.3 Å². The van der Waals surface area contributed by atoms with E-state index in [1.54, 1.807) is 0 Å². The van der Waals surface area contributed by atoms with Crippen molar-refractivity contribution >= 4 is 34.0 Å². The van der Waals surface area contributed by atoms with Gasteiger partial charge in [0.15, 0.2) is 5.13 Å². The van der Waals surface area contributed by atoms with Crippen molar-refractivity contribution in [1.29, 1.82) is 0 Å². The molecule has 2 aromatic rings. The lowest BCUT2D eigenvalue weighted by atomic mass is 9.86. The highest BCUT2D eigenvalue weighted by atomic mass is 35.5. The van der Waals surface area contributed by atoms with Crippen molar-refractivity contribution in [3.63, 3.8) is 0 Å². The number of rotatable bonds is 4. The maximum absolute atomic E-state index is 11.5. The van der Waals surface area contributed by atoms with Gasteiger partial charge in [-0.25, -0.2) is 4.98 Å². The van der Waals surface area contributed by atoms with Gasteiger partial charge in [-0.15, -0.1) is 22.9 Å². The predicted octanol–water partition coefficient (Wildman–Crippen LogP) is 4.68. The lowest BCUT2D eigenvalue weighted by Crippen LogP contribution is -2.11. The summed E-state index contributed by atoms with van der Waals surface area (Å²) in [5, 5.41) is 5.31. The van der Waals surface area contributed by atoms with E-state index in [1.807, 2.05) is 5.38 Å². The van der Waals surface area contributed by atoms with Crippen LogP contribution in [0.5, 0.6) is 0 Å². The first kappa shape index (κ1) is 16.0. The number of carbonyl (C=O) groups excluding carboxylic acids is 1. The van der Waals surface area contributed by atoms with E-state index in [0.29, 0.717) is 17.4 Å². The number of halogens is 1. The largest absolute Gasteiger partial charge is 0.302 e. The number of hydrogen-bond donors (Lipinski definition) is 1. The van der Waals surface area contributed by atoms with E-state index in [9.17, 15) is 4.79 Å². The van der Waals surface area contributed by atoms with Crippen molar-refractivity contribution in [1.82, 2.24) is 4.98 Å². The Labute approximate surface area is 134 Å². The van der Waals surface area contributed by atoms with Gasteiger partial charge in [0, 0.05) is 23.2 Å². The Bertz CT molecular complexity index is 614. The van der Waals surface area contributed by atoms with Crippen LogP contribution in [0.25, 0.3) is 11.3 Å². The molecule has 0 atom stereocenters. The monoisotopic (exact) mass is 322 g/mol. The number of nitrogens with zero attached hydrogens (tertiary/aromatic N) is 1. The fourth-order valence-corrected chi connectivity index (χ4v) is 2.78. The number of thiazole rings is 1. The molecule has 0 spiro atoms. The van der Waals surface area contributed by atoms with Crippen molar-refractivity contribution in [3.8, 4) is 11.3 Å². The summed E-state index contributed by atoms with van der Waals surface area (Å²) in [6, 6.07) is 8.39. The number of aromatic nitrogens is 1. The average Bonchev–Trinajstić information content (AvgIpc) is 2.86. The second-order valence-electron chi connectivity index (χ2n) is 5.85. The first-order valence-electron chi connectivity index (χ1n) is 6.82. The van der Waals surface area contributed by atoms with Crippen LogP contribution in [0.4, 0.5) is 5.13 Å². The molecule has 0 saturated carbocycles. The van der Waals surface area contributed by atoms with Crippen LogP contribution < -0.4 is 5.32 Å². The van der Waals surface area contributed by atoms with Crippen LogP contribution in [0, 0.1) is 0 Å². The molecule has 0 unspecified atom stereocenters. The van der Waals surface area contributed by atoms with Gasteiger partial charge in [-0.1, -0.05) is 45.0 Å². The van der Waals surface area contributed by atoms with Gasteiger partial charge >= 0.3 is 0 Å². The molecule has 0 aliphatic carbocycles. The SMILES string of the molecule is CC(C)(C)c1ccc(-c2csc(NC(=O)CCCl)n2)cc1. The van der Waals surface area contributed by atoms with Gasteiger partial charge < -0.3 is 5.32 Å². The molecule has 1 aromatic heterocycles. The molecule has 21 heavy (non-hydrogen) atoms. The van der Waals surface area contributed by atoms with Gasteiger partial charge in [0.05, 0.1) is 5.69 Å². The van der Waals surface area contributed by atoms with Crippen LogP contribution in [0.1, 0.15) is 32.8 Å². The number of hydrogen-bond acceptors (Lipinski definition) is 3. The third kappa shape index (κ3) is 4.29. The number of anilines is 1. The molecule has 5 heteroatoms. The highest BCUT2D eigenvalue weighted by molar-refractivity contribution is 7.14. The number of benzene rings is 1. The summed E-state index contributed by atoms with van der Waals surface area (Å²) in [6.45, 7) is 6.57. The van der Waals surface area contributed by atoms with E-state index in [1.165, 1.54) is 16.9 Å². The minimum absolute atomic E-state index is 0.103. The van der Waals surface area contributed by atoms with Gasteiger partial charge in [-0.3, -0.25) is 4.79 Å². The molecule has 0 saturated heterocycles. The zero-order valence-corrected chi connectivity index (χ0v) is 14.0. The fraction of sp³-hybridized carbons (Fsp3) is 0.375. The van der Waals surface area contributed by atoms with Gasteiger partial charge in [-0.05, 0) is 11.0 Å². The molecule has 2 rings (SSSR count). The number of nitrogens with one attached hydrogen (secondary N) is 1. The number of alkyl halides is 1. The molecule has 0 bridgehead atoms. The lowest BCUT2D eigenvalue weighted by molar-refractivity contribution is -0.115. The van der Waals surface area contributed by atoms with Crippen LogP contribution >= 0.6 is 22.9 Å². The zero-order valence-electron chi connectivity index (χ0n) is 12.4. The minimum atomic E-state index is -0.103. The molecule has 0 aliphatic rings. The van der Waals surface area contributed by atoms with E-state index in [2.05, 4.69) is 55.3 Å². The number of carbonyl (C=O) groups is 1. The fourth-order valence-electron chi connectivity index (χ4n) is 1.87. The molecule has 1 aromatic carbocycles. The molecule has 1 amide bonds. The first-order valence-corrected chi connectivity index (χ1v) is 8.24. The summed E-state index contributed by atoms with van der Waals surface area (Å²) in [6.07, 6.45) is 0.302. The third-order valence-electron chi connectivity index (χ3n) is 3.12. The second kappa shape index (κ2) is 6.58. The Hall–Kier alpha value is -1.39. The van der Waals surface area contributed by atoms with Gasteiger partial charge in [0.1, 0.15) is 0 Å². The Kier molecular flexibility index (Phi) is 5.01.